The van der Waals surface area contributed by atoms with Crippen LogP contribution in [0.4, 0.5) is 17.1 Å². The van der Waals surface area contributed by atoms with Crippen LogP contribution in [0, 0.1) is 0 Å². The van der Waals surface area contributed by atoms with Crippen LogP contribution < -0.4 is 4.90 Å². The number of hydrogen-bond acceptors (Lipinski definition) is 2. The summed E-state index contributed by atoms with van der Waals surface area (Å²) < 4.78 is 6.16. The van der Waals surface area contributed by atoms with Crippen molar-refractivity contribution >= 4 is 49.8 Å². The first-order valence-corrected chi connectivity index (χ1v) is 14.3. The zero-order valence-electron chi connectivity index (χ0n) is 22.9. The number of nitrogens with zero attached hydrogens (tertiary/aromatic N) is 1. The van der Waals surface area contributed by atoms with Crippen molar-refractivity contribution in [1.82, 2.24) is 0 Å². The first-order valence-electron chi connectivity index (χ1n) is 14.3. The third-order valence-electron chi connectivity index (χ3n) is 8.06. The summed E-state index contributed by atoms with van der Waals surface area (Å²) in [6, 6.07) is 58.0. The van der Waals surface area contributed by atoms with Crippen LogP contribution in [0.1, 0.15) is 0 Å². The van der Waals surface area contributed by atoms with Gasteiger partial charge in [-0.3, -0.25) is 0 Å². The Bertz CT molecular complexity index is 2080. The molecular weight excluding hydrogens is 510 g/mol. The van der Waals surface area contributed by atoms with E-state index in [-0.39, 0.29) is 0 Å². The highest BCUT2D eigenvalue weighted by molar-refractivity contribution is 6.19. The maximum atomic E-state index is 6.16. The molecule has 0 radical (unpaired) electrons. The van der Waals surface area contributed by atoms with E-state index in [4.69, 9.17) is 4.42 Å². The summed E-state index contributed by atoms with van der Waals surface area (Å²) in [5.41, 5.74) is 9.99. The molecule has 0 N–H and O–H groups in total. The van der Waals surface area contributed by atoms with Gasteiger partial charge in [-0.25, -0.2) is 0 Å². The van der Waals surface area contributed by atoms with Crippen molar-refractivity contribution in [3.8, 4) is 22.3 Å². The molecule has 0 spiro atoms. The molecule has 1 heterocycles. The Hall–Kier alpha value is -5.60. The molecule has 0 aliphatic heterocycles. The largest absolute Gasteiger partial charge is 0.456 e. The Morgan fingerprint density at radius 1 is 0.357 bits per heavy atom. The Balaban J connectivity index is 1.26. The standard InChI is InChI=1S/C40H27NO/c1-3-9-28(10-4-1)30-15-20-33(21-16-30)41(34-22-17-31(18-23-34)29-11-5-2-6-12-29)35-24-25-36-32(27-35)19-26-39-40(36)37-13-7-8-14-38(37)42-39/h1-27H. The lowest BCUT2D eigenvalue weighted by molar-refractivity contribution is 0.669. The summed E-state index contributed by atoms with van der Waals surface area (Å²) in [6.07, 6.45) is 0. The Morgan fingerprint density at radius 3 is 1.50 bits per heavy atom. The van der Waals surface area contributed by atoms with Gasteiger partial charge in [0.25, 0.3) is 0 Å². The molecule has 0 bridgehead atoms. The van der Waals surface area contributed by atoms with Crippen LogP contribution in [-0.2, 0) is 0 Å². The van der Waals surface area contributed by atoms with Crippen molar-refractivity contribution in [2.75, 3.05) is 4.90 Å². The Labute approximate surface area is 244 Å². The van der Waals surface area contributed by atoms with Crippen LogP contribution in [0.15, 0.2) is 168 Å². The van der Waals surface area contributed by atoms with E-state index in [0.29, 0.717) is 0 Å². The summed E-state index contributed by atoms with van der Waals surface area (Å²) in [5, 5.41) is 4.69. The molecule has 2 heteroatoms. The topological polar surface area (TPSA) is 16.4 Å². The molecule has 2 nitrogen and oxygen atoms in total. The van der Waals surface area contributed by atoms with E-state index in [0.717, 1.165) is 33.6 Å². The molecule has 198 valence electrons. The van der Waals surface area contributed by atoms with Gasteiger partial charge in [-0.15, -0.1) is 0 Å². The third kappa shape index (κ3) is 4.22. The molecule has 0 aliphatic rings. The minimum absolute atomic E-state index is 0.918. The second-order valence-corrected chi connectivity index (χ2v) is 10.6. The number of furan rings is 1. The lowest BCUT2D eigenvalue weighted by atomic mass is 10.0. The highest BCUT2D eigenvalue weighted by atomic mass is 16.3. The van der Waals surface area contributed by atoms with Crippen molar-refractivity contribution in [2.24, 2.45) is 0 Å². The average Bonchev–Trinajstić information content (AvgIpc) is 3.46. The van der Waals surface area contributed by atoms with Crippen LogP contribution in [-0.4, -0.2) is 0 Å². The van der Waals surface area contributed by atoms with Gasteiger partial charge in [-0.05, 0) is 81.6 Å². The Kier molecular flexibility index (Phi) is 5.82. The van der Waals surface area contributed by atoms with Gasteiger partial charge in [0, 0.05) is 27.8 Å². The van der Waals surface area contributed by atoms with E-state index >= 15 is 0 Å². The maximum absolute atomic E-state index is 6.16. The minimum Gasteiger partial charge on any atom is -0.456 e. The smallest absolute Gasteiger partial charge is 0.136 e. The lowest BCUT2D eigenvalue weighted by Crippen LogP contribution is -2.09. The third-order valence-corrected chi connectivity index (χ3v) is 8.06. The van der Waals surface area contributed by atoms with Gasteiger partial charge in [-0.2, -0.15) is 0 Å². The Morgan fingerprint density at radius 2 is 0.881 bits per heavy atom. The fraction of sp³-hybridized carbons (Fsp3) is 0. The predicted octanol–water partition coefficient (Wildman–Crippen LogP) is 11.5. The van der Waals surface area contributed by atoms with E-state index in [1.165, 1.54) is 38.4 Å². The first kappa shape index (κ1) is 24.2. The van der Waals surface area contributed by atoms with Gasteiger partial charge in [0.05, 0.1) is 0 Å². The summed E-state index contributed by atoms with van der Waals surface area (Å²) >= 11 is 0. The summed E-state index contributed by atoms with van der Waals surface area (Å²) in [5.74, 6) is 0. The molecular formula is C40H27NO. The number of fused-ring (bicyclic) bond motifs is 5. The molecule has 1 aromatic heterocycles. The first-order chi connectivity index (χ1) is 20.8. The van der Waals surface area contributed by atoms with E-state index in [1.807, 2.05) is 12.1 Å². The molecule has 42 heavy (non-hydrogen) atoms. The molecule has 7 aromatic carbocycles. The molecule has 0 unspecified atom stereocenters. The fourth-order valence-electron chi connectivity index (χ4n) is 5.99. The molecule has 0 amide bonds. The van der Waals surface area contributed by atoms with Gasteiger partial charge in [0.1, 0.15) is 11.2 Å². The van der Waals surface area contributed by atoms with E-state index in [1.54, 1.807) is 0 Å². The van der Waals surface area contributed by atoms with Gasteiger partial charge < -0.3 is 9.32 Å². The van der Waals surface area contributed by atoms with Crippen molar-refractivity contribution < 1.29 is 4.42 Å². The van der Waals surface area contributed by atoms with E-state index in [9.17, 15) is 0 Å². The van der Waals surface area contributed by atoms with Crippen LogP contribution in [0.3, 0.4) is 0 Å². The monoisotopic (exact) mass is 537 g/mol. The molecule has 8 rings (SSSR count). The van der Waals surface area contributed by atoms with Gasteiger partial charge in [-0.1, -0.05) is 115 Å². The average molecular weight is 538 g/mol. The summed E-state index contributed by atoms with van der Waals surface area (Å²) in [4.78, 5) is 2.33. The molecule has 0 atom stereocenters. The number of benzene rings is 7. The lowest BCUT2D eigenvalue weighted by Gasteiger charge is -2.26. The van der Waals surface area contributed by atoms with Crippen molar-refractivity contribution in [2.45, 2.75) is 0 Å². The highest BCUT2D eigenvalue weighted by Gasteiger charge is 2.16. The van der Waals surface area contributed by atoms with E-state index < -0.39 is 0 Å². The van der Waals surface area contributed by atoms with Gasteiger partial charge >= 0.3 is 0 Å². The summed E-state index contributed by atoms with van der Waals surface area (Å²) in [6.45, 7) is 0. The number of anilines is 3. The van der Waals surface area contributed by atoms with E-state index in [2.05, 4.69) is 157 Å². The van der Waals surface area contributed by atoms with Crippen LogP contribution in [0.5, 0.6) is 0 Å². The van der Waals surface area contributed by atoms with Crippen LogP contribution >= 0.6 is 0 Å². The van der Waals surface area contributed by atoms with Crippen LogP contribution in [0.2, 0.25) is 0 Å². The quantitative estimate of drug-likeness (QED) is 0.217. The second-order valence-electron chi connectivity index (χ2n) is 10.6. The number of hydrogen-bond donors (Lipinski definition) is 0. The number of rotatable bonds is 5. The van der Waals surface area contributed by atoms with Crippen LogP contribution in [0.25, 0.3) is 55.0 Å². The van der Waals surface area contributed by atoms with Gasteiger partial charge in [0.2, 0.25) is 0 Å². The fourth-order valence-corrected chi connectivity index (χ4v) is 5.99. The number of para-hydroxylation sites is 1. The van der Waals surface area contributed by atoms with Crippen molar-refractivity contribution in [3.63, 3.8) is 0 Å². The predicted molar refractivity (Wildman–Crippen MR) is 177 cm³/mol. The zero-order chi connectivity index (χ0) is 27.9. The highest BCUT2D eigenvalue weighted by Crippen LogP contribution is 2.40. The molecule has 0 saturated carbocycles. The second kappa shape index (κ2) is 10.1. The normalized spacial score (nSPS) is 11.3. The molecule has 0 aliphatic carbocycles. The van der Waals surface area contributed by atoms with Gasteiger partial charge in [0.15, 0.2) is 0 Å². The van der Waals surface area contributed by atoms with Crippen molar-refractivity contribution in [1.29, 1.82) is 0 Å². The summed E-state index contributed by atoms with van der Waals surface area (Å²) in [7, 11) is 0. The van der Waals surface area contributed by atoms with Crippen molar-refractivity contribution in [3.05, 3.63) is 164 Å². The molecule has 8 aromatic rings. The molecule has 0 fully saturated rings. The SMILES string of the molecule is c1ccc(-c2ccc(N(c3ccc(-c4ccccc4)cc3)c3ccc4c(ccc5oc6ccccc6c54)c3)cc2)cc1. The zero-order valence-corrected chi connectivity index (χ0v) is 22.9. The minimum atomic E-state index is 0.918. The maximum Gasteiger partial charge on any atom is 0.136 e. The molecule has 0 saturated heterocycles.